The van der Waals surface area contributed by atoms with Gasteiger partial charge in [0, 0.05) is 6.20 Å². The van der Waals surface area contributed by atoms with Crippen molar-refractivity contribution in [3.8, 4) is 5.75 Å². The molecule has 0 fully saturated rings. The smallest absolute Gasteiger partial charge is 0.339 e. The number of hydrogen-bond acceptors (Lipinski definition) is 3. The number of carbonyl (C=O) groups is 1. The van der Waals surface area contributed by atoms with E-state index in [1.807, 2.05) is 6.20 Å². The Kier molecular flexibility index (Phi) is 4.19. The highest BCUT2D eigenvalue weighted by atomic mass is 127. The van der Waals surface area contributed by atoms with E-state index in [0.29, 0.717) is 18.9 Å². The quantitative estimate of drug-likeness (QED) is 0.833. The van der Waals surface area contributed by atoms with Crippen LogP contribution in [0.2, 0.25) is 0 Å². The summed E-state index contributed by atoms with van der Waals surface area (Å²) in [6, 6.07) is 6.59. The molecule has 18 heavy (non-hydrogen) atoms. The number of carboxylic acids is 1. The first-order valence-electron chi connectivity index (χ1n) is 5.30. The molecule has 0 spiro atoms. The first-order valence-corrected chi connectivity index (χ1v) is 6.38. The van der Waals surface area contributed by atoms with Crippen molar-refractivity contribution < 1.29 is 14.6 Å². The first kappa shape index (κ1) is 12.9. The second-order valence-electron chi connectivity index (χ2n) is 3.57. The van der Waals surface area contributed by atoms with Crippen LogP contribution >= 0.6 is 22.6 Å². The predicted molar refractivity (Wildman–Crippen MR) is 73.8 cm³/mol. The minimum Gasteiger partial charge on any atom is -0.491 e. The van der Waals surface area contributed by atoms with Gasteiger partial charge in [0.15, 0.2) is 0 Å². The molecule has 0 aliphatic rings. The van der Waals surface area contributed by atoms with Gasteiger partial charge in [-0.2, -0.15) is 5.10 Å². The van der Waals surface area contributed by atoms with Crippen LogP contribution in [0.4, 0.5) is 0 Å². The van der Waals surface area contributed by atoms with Gasteiger partial charge >= 0.3 is 5.97 Å². The molecule has 0 radical (unpaired) electrons. The maximum absolute atomic E-state index is 11.0. The van der Waals surface area contributed by atoms with Gasteiger partial charge < -0.3 is 9.84 Å². The van der Waals surface area contributed by atoms with Gasteiger partial charge in [0.1, 0.15) is 17.9 Å². The van der Waals surface area contributed by atoms with Crippen LogP contribution in [0.25, 0.3) is 0 Å². The molecule has 1 aromatic heterocycles. The first-order chi connectivity index (χ1) is 8.66. The molecule has 1 heterocycles. The van der Waals surface area contributed by atoms with Crippen LogP contribution in [0.5, 0.6) is 5.75 Å². The third kappa shape index (κ3) is 3.22. The van der Waals surface area contributed by atoms with E-state index in [4.69, 9.17) is 9.84 Å². The number of aromatic carboxylic acids is 1. The summed E-state index contributed by atoms with van der Waals surface area (Å²) < 4.78 is 8.28. The summed E-state index contributed by atoms with van der Waals surface area (Å²) in [4.78, 5) is 11.0. The van der Waals surface area contributed by atoms with E-state index in [1.165, 1.54) is 6.07 Å². The van der Waals surface area contributed by atoms with Gasteiger partial charge in [0.2, 0.25) is 0 Å². The Hall–Kier alpha value is -1.57. The van der Waals surface area contributed by atoms with E-state index in [0.717, 1.165) is 3.57 Å². The Balaban J connectivity index is 1.96. The Morgan fingerprint density at radius 3 is 2.89 bits per heavy atom. The third-order valence-electron chi connectivity index (χ3n) is 2.30. The number of carboxylic acid groups (broad SMARTS) is 1. The van der Waals surface area contributed by atoms with E-state index in [1.54, 1.807) is 29.1 Å². The van der Waals surface area contributed by atoms with Gasteiger partial charge in [0.25, 0.3) is 0 Å². The van der Waals surface area contributed by atoms with Gasteiger partial charge in [-0.25, -0.2) is 4.79 Å². The van der Waals surface area contributed by atoms with Crippen LogP contribution in [0, 0.1) is 3.57 Å². The van der Waals surface area contributed by atoms with Crippen molar-refractivity contribution >= 4 is 28.6 Å². The zero-order valence-electron chi connectivity index (χ0n) is 9.41. The summed E-state index contributed by atoms with van der Waals surface area (Å²) in [7, 11) is 0. The largest absolute Gasteiger partial charge is 0.491 e. The standard InChI is InChI=1S/C12H11IN2O3/c13-9-7-14-15(8-9)5-6-18-11-4-2-1-3-10(11)12(16)17/h1-4,7-8H,5-6H2,(H,16,17). The monoisotopic (exact) mass is 358 g/mol. The lowest BCUT2D eigenvalue weighted by atomic mass is 10.2. The van der Waals surface area contributed by atoms with E-state index in [-0.39, 0.29) is 5.56 Å². The molecule has 6 heteroatoms. The van der Waals surface area contributed by atoms with Gasteiger partial charge in [-0.3, -0.25) is 4.68 Å². The molecule has 1 N–H and O–H groups in total. The number of ether oxygens (including phenoxy) is 1. The normalized spacial score (nSPS) is 10.3. The lowest BCUT2D eigenvalue weighted by Gasteiger charge is -2.08. The number of rotatable bonds is 5. The number of halogens is 1. The Morgan fingerprint density at radius 2 is 2.22 bits per heavy atom. The molecular weight excluding hydrogens is 347 g/mol. The van der Waals surface area contributed by atoms with Crippen LogP contribution in [-0.4, -0.2) is 27.5 Å². The zero-order chi connectivity index (χ0) is 13.0. The highest BCUT2D eigenvalue weighted by Crippen LogP contribution is 2.17. The van der Waals surface area contributed by atoms with Gasteiger partial charge in [-0.15, -0.1) is 0 Å². The van der Waals surface area contributed by atoms with Crippen LogP contribution in [0.1, 0.15) is 10.4 Å². The second kappa shape index (κ2) is 5.85. The Morgan fingerprint density at radius 1 is 1.44 bits per heavy atom. The van der Waals surface area contributed by atoms with E-state index < -0.39 is 5.97 Å². The lowest BCUT2D eigenvalue weighted by molar-refractivity contribution is 0.0692. The van der Waals surface area contributed by atoms with Crippen molar-refractivity contribution in [1.29, 1.82) is 0 Å². The predicted octanol–water partition coefficient (Wildman–Crippen LogP) is 2.26. The molecule has 0 saturated heterocycles. The number of aromatic nitrogens is 2. The van der Waals surface area contributed by atoms with E-state index >= 15 is 0 Å². The highest BCUT2D eigenvalue weighted by molar-refractivity contribution is 14.1. The van der Waals surface area contributed by atoms with E-state index in [9.17, 15) is 4.79 Å². The average molecular weight is 358 g/mol. The molecule has 1 aromatic carbocycles. The fourth-order valence-electron chi connectivity index (χ4n) is 1.48. The van der Waals surface area contributed by atoms with E-state index in [2.05, 4.69) is 27.7 Å². The molecule has 5 nitrogen and oxygen atoms in total. The van der Waals surface area contributed by atoms with Crippen molar-refractivity contribution in [2.24, 2.45) is 0 Å². The fourth-order valence-corrected chi connectivity index (χ4v) is 1.93. The average Bonchev–Trinajstić information content (AvgIpc) is 2.75. The minimum absolute atomic E-state index is 0.174. The van der Waals surface area contributed by atoms with Crippen LogP contribution in [0.3, 0.4) is 0 Å². The van der Waals surface area contributed by atoms with Crippen molar-refractivity contribution in [1.82, 2.24) is 9.78 Å². The summed E-state index contributed by atoms with van der Waals surface area (Å²) in [5.74, 6) is -0.605. The van der Waals surface area contributed by atoms with Crippen LogP contribution < -0.4 is 4.74 Å². The summed E-state index contributed by atoms with van der Waals surface area (Å²) in [6.07, 6.45) is 3.65. The second-order valence-corrected chi connectivity index (χ2v) is 4.82. The number of benzene rings is 1. The van der Waals surface area contributed by atoms with Gasteiger partial charge in [-0.1, -0.05) is 12.1 Å². The Labute approximate surface area is 118 Å². The Bertz CT molecular complexity index is 554. The van der Waals surface area contributed by atoms with Crippen molar-refractivity contribution in [3.63, 3.8) is 0 Å². The molecule has 0 aliphatic carbocycles. The highest BCUT2D eigenvalue weighted by Gasteiger charge is 2.09. The fraction of sp³-hybridized carbons (Fsp3) is 0.167. The molecule has 0 amide bonds. The van der Waals surface area contributed by atoms with Gasteiger partial charge in [0.05, 0.1) is 16.3 Å². The van der Waals surface area contributed by atoms with Crippen LogP contribution in [-0.2, 0) is 6.54 Å². The van der Waals surface area contributed by atoms with Crippen molar-refractivity contribution in [3.05, 3.63) is 45.8 Å². The molecule has 0 atom stereocenters. The van der Waals surface area contributed by atoms with Gasteiger partial charge in [-0.05, 0) is 34.7 Å². The SMILES string of the molecule is O=C(O)c1ccccc1OCCn1cc(I)cn1. The summed E-state index contributed by atoms with van der Waals surface area (Å²) in [5.41, 5.74) is 0.174. The summed E-state index contributed by atoms with van der Waals surface area (Å²) in [6.45, 7) is 0.957. The minimum atomic E-state index is -0.987. The maximum Gasteiger partial charge on any atom is 0.339 e. The van der Waals surface area contributed by atoms with Crippen molar-refractivity contribution in [2.75, 3.05) is 6.61 Å². The molecule has 0 unspecified atom stereocenters. The molecule has 0 aliphatic heterocycles. The number of para-hydroxylation sites is 1. The van der Waals surface area contributed by atoms with Crippen LogP contribution in [0.15, 0.2) is 36.7 Å². The number of hydrogen-bond donors (Lipinski definition) is 1. The molecule has 0 saturated carbocycles. The topological polar surface area (TPSA) is 64.3 Å². The zero-order valence-corrected chi connectivity index (χ0v) is 11.6. The third-order valence-corrected chi connectivity index (χ3v) is 2.85. The van der Waals surface area contributed by atoms with Crippen molar-refractivity contribution in [2.45, 2.75) is 6.54 Å². The molecule has 2 aromatic rings. The summed E-state index contributed by atoms with van der Waals surface area (Å²) in [5, 5.41) is 13.1. The summed E-state index contributed by atoms with van der Waals surface area (Å²) >= 11 is 2.18. The molecule has 2 rings (SSSR count). The number of nitrogens with zero attached hydrogens (tertiary/aromatic N) is 2. The molecular formula is C12H11IN2O3. The lowest BCUT2D eigenvalue weighted by Crippen LogP contribution is -2.10. The molecule has 94 valence electrons. The molecule has 0 bridgehead atoms. The maximum atomic E-state index is 11.0.